The zero-order valence-electron chi connectivity index (χ0n) is 8.49. The topological polar surface area (TPSA) is 48.7 Å². The molecule has 0 saturated heterocycles. The summed E-state index contributed by atoms with van der Waals surface area (Å²) < 4.78 is 0.987. The van der Waals surface area contributed by atoms with Crippen LogP contribution in [0, 0.1) is 18.3 Å². The lowest BCUT2D eigenvalue weighted by Gasteiger charge is -2.05. The van der Waals surface area contributed by atoms with Crippen molar-refractivity contribution in [1.29, 1.82) is 5.26 Å². The SMILES string of the molecule is Cc1ccc(Nc2ncc(C#N)s2)c(Br)c1. The van der Waals surface area contributed by atoms with Crippen LogP contribution in [0.3, 0.4) is 0 Å². The van der Waals surface area contributed by atoms with Crippen molar-refractivity contribution in [3.63, 3.8) is 0 Å². The Morgan fingerprint density at radius 1 is 1.50 bits per heavy atom. The Kier molecular flexibility index (Phi) is 3.22. The number of rotatable bonds is 2. The maximum Gasteiger partial charge on any atom is 0.188 e. The summed E-state index contributed by atoms with van der Waals surface area (Å²) in [6.07, 6.45) is 1.56. The molecule has 0 aliphatic carbocycles. The van der Waals surface area contributed by atoms with Gasteiger partial charge < -0.3 is 5.32 Å². The van der Waals surface area contributed by atoms with Gasteiger partial charge in [-0.1, -0.05) is 17.4 Å². The third-order valence-electron chi connectivity index (χ3n) is 1.98. The molecule has 1 aromatic heterocycles. The molecule has 0 amide bonds. The normalized spacial score (nSPS) is 9.81. The maximum absolute atomic E-state index is 8.69. The van der Waals surface area contributed by atoms with Crippen molar-refractivity contribution in [2.24, 2.45) is 0 Å². The summed E-state index contributed by atoms with van der Waals surface area (Å²) in [5.74, 6) is 0. The van der Waals surface area contributed by atoms with Crippen LogP contribution in [0.5, 0.6) is 0 Å². The Morgan fingerprint density at radius 3 is 2.94 bits per heavy atom. The van der Waals surface area contributed by atoms with E-state index >= 15 is 0 Å². The van der Waals surface area contributed by atoms with Gasteiger partial charge in [0, 0.05) is 4.47 Å². The molecule has 0 radical (unpaired) electrons. The number of hydrogen-bond donors (Lipinski definition) is 1. The third kappa shape index (κ3) is 2.40. The first-order valence-electron chi connectivity index (χ1n) is 4.58. The van der Waals surface area contributed by atoms with Gasteiger partial charge in [0.1, 0.15) is 10.9 Å². The Balaban J connectivity index is 2.24. The fourth-order valence-electron chi connectivity index (χ4n) is 1.22. The smallest absolute Gasteiger partial charge is 0.188 e. The molecule has 80 valence electrons. The molecule has 0 atom stereocenters. The first kappa shape index (κ1) is 11.1. The van der Waals surface area contributed by atoms with E-state index in [1.54, 1.807) is 6.20 Å². The number of benzene rings is 1. The molecule has 0 spiro atoms. The van der Waals surface area contributed by atoms with Gasteiger partial charge in [-0.2, -0.15) is 5.26 Å². The summed E-state index contributed by atoms with van der Waals surface area (Å²) >= 11 is 4.81. The van der Waals surface area contributed by atoms with Gasteiger partial charge in [0.25, 0.3) is 0 Å². The van der Waals surface area contributed by atoms with E-state index in [0.717, 1.165) is 15.3 Å². The minimum atomic E-state index is 0.603. The van der Waals surface area contributed by atoms with E-state index in [0.29, 0.717) is 4.88 Å². The van der Waals surface area contributed by atoms with Crippen molar-refractivity contribution in [3.05, 3.63) is 39.3 Å². The minimum Gasteiger partial charge on any atom is -0.331 e. The zero-order chi connectivity index (χ0) is 11.5. The molecule has 3 nitrogen and oxygen atoms in total. The number of hydrogen-bond acceptors (Lipinski definition) is 4. The van der Waals surface area contributed by atoms with E-state index in [2.05, 4.69) is 32.3 Å². The van der Waals surface area contributed by atoms with Crippen LogP contribution in [0.2, 0.25) is 0 Å². The van der Waals surface area contributed by atoms with Crippen LogP contribution in [-0.4, -0.2) is 4.98 Å². The Hall–Kier alpha value is -1.38. The minimum absolute atomic E-state index is 0.603. The van der Waals surface area contributed by atoms with Crippen molar-refractivity contribution < 1.29 is 0 Å². The second-order valence-corrected chi connectivity index (χ2v) is 5.13. The number of thiazole rings is 1. The quantitative estimate of drug-likeness (QED) is 0.915. The first-order valence-corrected chi connectivity index (χ1v) is 6.19. The van der Waals surface area contributed by atoms with E-state index < -0.39 is 0 Å². The van der Waals surface area contributed by atoms with Crippen LogP contribution in [0.25, 0.3) is 0 Å². The average molecular weight is 294 g/mol. The molecule has 0 fully saturated rings. The van der Waals surface area contributed by atoms with E-state index in [-0.39, 0.29) is 0 Å². The summed E-state index contributed by atoms with van der Waals surface area (Å²) in [5.41, 5.74) is 2.14. The van der Waals surface area contributed by atoms with Crippen LogP contribution in [0.4, 0.5) is 10.8 Å². The van der Waals surface area contributed by atoms with Gasteiger partial charge in [-0.15, -0.1) is 0 Å². The number of aryl methyl sites for hydroxylation is 1. The number of aromatic nitrogens is 1. The zero-order valence-corrected chi connectivity index (χ0v) is 10.9. The Morgan fingerprint density at radius 2 is 2.31 bits per heavy atom. The summed E-state index contributed by atoms with van der Waals surface area (Å²) in [7, 11) is 0. The monoisotopic (exact) mass is 293 g/mol. The fraction of sp³-hybridized carbons (Fsp3) is 0.0909. The fourth-order valence-corrected chi connectivity index (χ4v) is 2.44. The molecular weight excluding hydrogens is 286 g/mol. The van der Waals surface area contributed by atoms with Gasteiger partial charge >= 0.3 is 0 Å². The van der Waals surface area contributed by atoms with Gasteiger partial charge in [-0.3, -0.25) is 0 Å². The molecule has 5 heteroatoms. The molecule has 0 bridgehead atoms. The average Bonchev–Trinajstić information content (AvgIpc) is 2.70. The lowest BCUT2D eigenvalue weighted by Crippen LogP contribution is -1.90. The summed E-state index contributed by atoms with van der Waals surface area (Å²) in [6, 6.07) is 8.09. The van der Waals surface area contributed by atoms with Crippen LogP contribution in [-0.2, 0) is 0 Å². The molecule has 1 heterocycles. The van der Waals surface area contributed by atoms with E-state index in [1.165, 1.54) is 16.9 Å². The van der Waals surface area contributed by atoms with Crippen molar-refractivity contribution in [3.8, 4) is 6.07 Å². The number of halogens is 1. The number of anilines is 2. The summed E-state index contributed by atoms with van der Waals surface area (Å²) in [5, 5.41) is 12.6. The molecule has 0 unspecified atom stereocenters. The molecule has 16 heavy (non-hydrogen) atoms. The van der Waals surface area contributed by atoms with Crippen molar-refractivity contribution in [2.75, 3.05) is 5.32 Å². The van der Waals surface area contributed by atoms with Gasteiger partial charge in [0.2, 0.25) is 0 Å². The highest BCUT2D eigenvalue weighted by Crippen LogP contribution is 2.28. The first-order chi connectivity index (χ1) is 7.69. The highest BCUT2D eigenvalue weighted by molar-refractivity contribution is 9.10. The number of nitrogens with one attached hydrogen (secondary N) is 1. The second-order valence-electron chi connectivity index (χ2n) is 3.25. The molecule has 0 saturated carbocycles. The largest absolute Gasteiger partial charge is 0.331 e. The number of nitrogens with zero attached hydrogens (tertiary/aromatic N) is 2. The second kappa shape index (κ2) is 4.64. The van der Waals surface area contributed by atoms with Crippen LogP contribution in [0.15, 0.2) is 28.9 Å². The maximum atomic E-state index is 8.69. The van der Waals surface area contributed by atoms with Crippen molar-refractivity contribution in [1.82, 2.24) is 4.98 Å². The third-order valence-corrected chi connectivity index (χ3v) is 3.46. The number of nitriles is 1. The van der Waals surface area contributed by atoms with Crippen molar-refractivity contribution >= 4 is 38.1 Å². The molecule has 1 aromatic carbocycles. The molecular formula is C11H8BrN3S. The van der Waals surface area contributed by atoms with Crippen LogP contribution < -0.4 is 5.32 Å². The van der Waals surface area contributed by atoms with E-state index in [1.807, 2.05) is 25.1 Å². The van der Waals surface area contributed by atoms with Crippen LogP contribution in [0.1, 0.15) is 10.4 Å². The van der Waals surface area contributed by atoms with Gasteiger partial charge in [0.15, 0.2) is 5.13 Å². The van der Waals surface area contributed by atoms with Gasteiger partial charge in [-0.05, 0) is 40.5 Å². The predicted molar refractivity (Wildman–Crippen MR) is 69.0 cm³/mol. The molecule has 2 aromatic rings. The molecule has 0 aliphatic heterocycles. The lowest BCUT2D eigenvalue weighted by molar-refractivity contribution is 1.36. The Labute approximate surface area is 106 Å². The van der Waals surface area contributed by atoms with Crippen LogP contribution >= 0.6 is 27.3 Å². The highest BCUT2D eigenvalue weighted by Gasteiger charge is 2.04. The standard InChI is InChI=1S/C11H8BrN3S/c1-7-2-3-10(9(12)4-7)15-11-14-6-8(5-13)16-11/h2-4,6H,1H3,(H,14,15). The van der Waals surface area contributed by atoms with Gasteiger partial charge in [-0.25, -0.2) is 4.98 Å². The molecule has 0 aliphatic rings. The summed E-state index contributed by atoms with van der Waals surface area (Å²) in [4.78, 5) is 4.71. The highest BCUT2D eigenvalue weighted by atomic mass is 79.9. The Bertz CT molecular complexity index is 557. The van der Waals surface area contributed by atoms with Gasteiger partial charge in [0.05, 0.1) is 11.9 Å². The summed E-state index contributed by atoms with van der Waals surface area (Å²) in [6.45, 7) is 2.03. The lowest BCUT2D eigenvalue weighted by atomic mass is 10.2. The van der Waals surface area contributed by atoms with Crippen molar-refractivity contribution in [2.45, 2.75) is 6.92 Å². The molecule has 1 N–H and O–H groups in total. The predicted octanol–water partition coefficient (Wildman–Crippen LogP) is 3.83. The van der Waals surface area contributed by atoms with E-state index in [4.69, 9.17) is 5.26 Å². The molecule has 2 rings (SSSR count). The van der Waals surface area contributed by atoms with E-state index in [9.17, 15) is 0 Å².